The maximum atomic E-state index is 12.8. The molecule has 14 nitrogen and oxygen atoms in total. The lowest BCUT2D eigenvalue weighted by Crippen LogP contribution is -2.52. The second kappa shape index (κ2) is 11.3. The Morgan fingerprint density at radius 1 is 0.919 bits per heavy atom. The fraction of sp³-hybridized carbons (Fsp3) is 0.304. The van der Waals surface area contributed by atoms with Crippen LogP contribution in [-0.2, 0) is 32.2 Å². The molecular weight excluding hydrogens is 492 g/mol. The van der Waals surface area contributed by atoms with Crippen molar-refractivity contribution in [3.63, 3.8) is 0 Å². The Balaban J connectivity index is 2.20. The highest BCUT2D eigenvalue weighted by Gasteiger charge is 2.36. The lowest BCUT2D eigenvalue weighted by atomic mass is 9.98. The van der Waals surface area contributed by atoms with Gasteiger partial charge in [-0.15, -0.1) is 0 Å². The summed E-state index contributed by atoms with van der Waals surface area (Å²) in [5.74, 6) is -3.00. The molecule has 3 rings (SSSR count). The van der Waals surface area contributed by atoms with Crippen LogP contribution in [0.2, 0.25) is 0 Å². The van der Waals surface area contributed by atoms with Crippen LogP contribution in [-0.4, -0.2) is 58.8 Å². The van der Waals surface area contributed by atoms with Gasteiger partial charge in [-0.25, -0.2) is 9.59 Å². The van der Waals surface area contributed by atoms with E-state index in [4.69, 9.17) is 9.47 Å². The predicted octanol–water partition coefficient (Wildman–Crippen LogP) is 1.88. The third-order valence-corrected chi connectivity index (χ3v) is 5.88. The quantitative estimate of drug-likeness (QED) is 0.223. The number of amides is 2. The van der Waals surface area contributed by atoms with Crippen LogP contribution in [0.15, 0.2) is 36.4 Å². The Bertz CT molecular complexity index is 1210. The Morgan fingerprint density at radius 3 is 1.76 bits per heavy atom. The van der Waals surface area contributed by atoms with Gasteiger partial charge in [0, 0.05) is 31.6 Å². The molecule has 0 spiro atoms. The van der Waals surface area contributed by atoms with Gasteiger partial charge in [-0.1, -0.05) is 12.1 Å². The first-order valence-electron chi connectivity index (χ1n) is 10.9. The van der Waals surface area contributed by atoms with Crippen LogP contribution in [0.25, 0.3) is 0 Å². The molecule has 2 aromatic carbocycles. The van der Waals surface area contributed by atoms with Crippen LogP contribution in [0, 0.1) is 20.2 Å². The average molecular weight is 514 g/mol. The number of esters is 2. The number of benzene rings is 2. The van der Waals surface area contributed by atoms with Gasteiger partial charge >= 0.3 is 11.9 Å². The molecule has 1 heterocycles. The molecule has 194 valence electrons. The maximum absolute atomic E-state index is 12.8. The number of imide groups is 1. The van der Waals surface area contributed by atoms with Crippen LogP contribution in [0.3, 0.4) is 0 Å². The molecule has 1 unspecified atom stereocenters. The summed E-state index contributed by atoms with van der Waals surface area (Å²) in [6.45, 7) is -0.832. The van der Waals surface area contributed by atoms with Crippen molar-refractivity contribution in [2.24, 2.45) is 0 Å². The monoisotopic (exact) mass is 514 g/mol. The van der Waals surface area contributed by atoms with Crippen LogP contribution >= 0.6 is 0 Å². The smallest absolute Gasteiger partial charge is 0.338 e. The van der Waals surface area contributed by atoms with Gasteiger partial charge in [0.25, 0.3) is 11.4 Å². The summed E-state index contributed by atoms with van der Waals surface area (Å²) in [4.78, 5) is 72.9. The Kier molecular flexibility index (Phi) is 8.24. The summed E-state index contributed by atoms with van der Waals surface area (Å²) in [5, 5.41) is 25.8. The van der Waals surface area contributed by atoms with E-state index in [9.17, 15) is 39.4 Å². The number of nitrogens with one attached hydrogen (secondary N) is 1. The van der Waals surface area contributed by atoms with E-state index in [-0.39, 0.29) is 35.1 Å². The SMILES string of the molecule is COC(=O)c1cccc([N+](=O)[O-])c1CN(Cc1c(C(=O)OC)cccc1[N+](=O)[O-])C1CCC(=O)NC1=O. The molecule has 2 aromatic rings. The van der Waals surface area contributed by atoms with Crippen molar-refractivity contribution in [1.82, 2.24) is 10.2 Å². The minimum Gasteiger partial charge on any atom is -0.465 e. The second-order valence-electron chi connectivity index (χ2n) is 7.98. The third kappa shape index (κ3) is 5.75. The zero-order valence-electron chi connectivity index (χ0n) is 19.8. The molecule has 1 saturated heterocycles. The van der Waals surface area contributed by atoms with Gasteiger partial charge in [-0.3, -0.25) is 40.0 Å². The van der Waals surface area contributed by atoms with E-state index < -0.39 is 64.1 Å². The van der Waals surface area contributed by atoms with Crippen molar-refractivity contribution in [3.8, 4) is 0 Å². The van der Waals surface area contributed by atoms with Gasteiger partial charge < -0.3 is 9.47 Å². The number of methoxy groups -OCH3 is 2. The molecule has 14 heteroatoms. The molecule has 0 radical (unpaired) electrons. The van der Waals surface area contributed by atoms with E-state index in [2.05, 4.69) is 5.32 Å². The van der Waals surface area contributed by atoms with Gasteiger partial charge in [0.05, 0.1) is 52.4 Å². The highest BCUT2D eigenvalue weighted by atomic mass is 16.6. The third-order valence-electron chi connectivity index (χ3n) is 5.88. The van der Waals surface area contributed by atoms with E-state index >= 15 is 0 Å². The summed E-state index contributed by atoms with van der Waals surface area (Å²) in [6, 6.07) is 6.45. The highest BCUT2D eigenvalue weighted by Crippen LogP contribution is 2.31. The molecular formula is C23H22N4O10. The van der Waals surface area contributed by atoms with Gasteiger partial charge in [0.1, 0.15) is 0 Å². The zero-order valence-corrected chi connectivity index (χ0v) is 19.8. The standard InChI is InChI=1S/C23H22N4O10/c1-36-22(30)13-5-3-7-17(26(32)33)15(13)11-25(19-9-10-20(28)24-21(19)29)12-16-14(23(31)37-2)6-4-8-18(16)27(34)35/h3-8,19H,9-12H2,1-2H3,(H,24,28,29). The van der Waals surface area contributed by atoms with Gasteiger partial charge in [0.15, 0.2) is 0 Å². The predicted molar refractivity (Wildman–Crippen MR) is 124 cm³/mol. The lowest BCUT2D eigenvalue weighted by molar-refractivity contribution is -0.386. The van der Waals surface area contributed by atoms with Crippen molar-refractivity contribution in [1.29, 1.82) is 0 Å². The first-order valence-corrected chi connectivity index (χ1v) is 10.9. The number of nitro groups is 2. The number of ether oxygens (including phenoxy) is 2. The van der Waals surface area contributed by atoms with Crippen LogP contribution in [0.1, 0.15) is 44.7 Å². The highest BCUT2D eigenvalue weighted by molar-refractivity contribution is 6.00. The number of carbonyl (C=O) groups excluding carboxylic acids is 4. The Hall–Kier alpha value is -4.72. The van der Waals surface area contributed by atoms with Crippen LogP contribution in [0.4, 0.5) is 11.4 Å². The topological polar surface area (TPSA) is 188 Å². The van der Waals surface area contributed by atoms with E-state index in [0.29, 0.717) is 0 Å². The fourth-order valence-electron chi connectivity index (χ4n) is 4.14. The normalized spacial score (nSPS) is 15.2. The van der Waals surface area contributed by atoms with Crippen molar-refractivity contribution in [2.75, 3.05) is 14.2 Å². The first kappa shape index (κ1) is 26.9. The van der Waals surface area contributed by atoms with Crippen molar-refractivity contribution < 1.29 is 38.5 Å². The molecule has 0 aromatic heterocycles. The molecule has 37 heavy (non-hydrogen) atoms. The van der Waals surface area contributed by atoms with Gasteiger partial charge in [0.2, 0.25) is 11.8 Å². The molecule has 1 aliphatic rings. The Morgan fingerprint density at radius 2 is 1.38 bits per heavy atom. The molecule has 0 aliphatic carbocycles. The summed E-state index contributed by atoms with van der Waals surface area (Å²) in [6.07, 6.45) is -0.0680. The fourth-order valence-corrected chi connectivity index (χ4v) is 4.14. The summed E-state index contributed by atoms with van der Waals surface area (Å²) in [5.41, 5.74) is -1.41. The van der Waals surface area contributed by atoms with Gasteiger partial charge in [-0.05, 0) is 18.6 Å². The van der Waals surface area contributed by atoms with E-state index in [1.54, 1.807) is 0 Å². The molecule has 1 N–H and O–H groups in total. The molecule has 2 amide bonds. The van der Waals surface area contributed by atoms with E-state index in [0.717, 1.165) is 26.4 Å². The molecule has 1 aliphatic heterocycles. The molecule has 1 fully saturated rings. The first-order chi connectivity index (χ1) is 17.6. The summed E-state index contributed by atoms with van der Waals surface area (Å²) >= 11 is 0. The van der Waals surface area contributed by atoms with Crippen LogP contribution in [0.5, 0.6) is 0 Å². The van der Waals surface area contributed by atoms with Gasteiger partial charge in [-0.2, -0.15) is 0 Å². The van der Waals surface area contributed by atoms with Crippen molar-refractivity contribution in [2.45, 2.75) is 32.0 Å². The summed E-state index contributed by atoms with van der Waals surface area (Å²) in [7, 11) is 2.19. The average Bonchev–Trinajstić information content (AvgIpc) is 2.87. The number of rotatable bonds is 9. The van der Waals surface area contributed by atoms with Crippen molar-refractivity contribution in [3.05, 3.63) is 78.9 Å². The molecule has 0 saturated carbocycles. The number of piperidine rings is 1. The minimum atomic E-state index is -1.08. The number of nitro benzene ring substituents is 2. The van der Waals surface area contributed by atoms with Crippen LogP contribution < -0.4 is 5.32 Å². The second-order valence-corrected chi connectivity index (χ2v) is 7.98. The van der Waals surface area contributed by atoms with E-state index in [1.165, 1.54) is 29.2 Å². The van der Waals surface area contributed by atoms with Crippen molar-refractivity contribution >= 4 is 35.1 Å². The van der Waals surface area contributed by atoms with E-state index in [1.807, 2.05) is 0 Å². The number of hydrogen-bond acceptors (Lipinski definition) is 11. The minimum absolute atomic E-state index is 0.00690. The zero-order chi connectivity index (χ0) is 27.3. The summed E-state index contributed by atoms with van der Waals surface area (Å²) < 4.78 is 9.51. The largest absolute Gasteiger partial charge is 0.465 e. The number of carbonyl (C=O) groups is 4. The molecule has 0 bridgehead atoms. The maximum Gasteiger partial charge on any atom is 0.338 e. The number of hydrogen-bond donors (Lipinski definition) is 1. The molecule has 1 atom stereocenters. The lowest BCUT2D eigenvalue weighted by Gasteiger charge is -2.33. The number of nitrogens with zero attached hydrogens (tertiary/aromatic N) is 3. The Labute approximate surface area is 209 Å².